The highest BCUT2D eigenvalue weighted by atomic mass is 31.2. The van der Waals surface area contributed by atoms with Crippen LogP contribution >= 0.6 is 15.2 Å². The lowest BCUT2D eigenvalue weighted by Crippen LogP contribution is -2.02. The zero-order valence-electron chi connectivity index (χ0n) is 11.1. The van der Waals surface area contributed by atoms with Gasteiger partial charge in [0.25, 0.3) is 0 Å². The predicted octanol–water partition coefficient (Wildman–Crippen LogP) is 0.692. The van der Waals surface area contributed by atoms with Crippen molar-refractivity contribution in [1.29, 1.82) is 0 Å². The summed E-state index contributed by atoms with van der Waals surface area (Å²) in [5.74, 6) is 5.60. The van der Waals surface area contributed by atoms with Crippen molar-refractivity contribution in [3.05, 3.63) is 59.7 Å². The fourth-order valence-corrected chi connectivity index (χ4v) is 2.70. The third-order valence-corrected chi connectivity index (χ3v) is 4.70. The van der Waals surface area contributed by atoms with Crippen LogP contribution in [0, 0.1) is 11.8 Å². The van der Waals surface area contributed by atoms with Crippen LogP contribution < -0.4 is 10.6 Å². The second-order valence-electron chi connectivity index (χ2n) is 4.43. The minimum atomic E-state index is -4.26. The highest BCUT2D eigenvalue weighted by Crippen LogP contribution is 2.33. The Balaban J connectivity index is 2.20. The summed E-state index contributed by atoms with van der Waals surface area (Å²) >= 11 is 0. The number of hydrogen-bond donors (Lipinski definition) is 4. The Morgan fingerprint density at radius 1 is 0.591 bits per heavy atom. The molecule has 0 amide bonds. The lowest BCUT2D eigenvalue weighted by atomic mass is 10.2. The average molecular weight is 338 g/mol. The zero-order valence-corrected chi connectivity index (χ0v) is 12.9. The standard InChI is InChI=1S/C14H12O6P2/c15-21(16,17)13-7-3-11(4-8-13)1-2-12-5-9-14(10-6-12)22(18,19)20/h3-10H,(H2,15,16,17)(H2,18,19,20). The van der Waals surface area contributed by atoms with Crippen molar-refractivity contribution in [3.63, 3.8) is 0 Å². The fraction of sp³-hybridized carbons (Fsp3) is 0. The molecule has 0 spiro atoms. The van der Waals surface area contributed by atoms with Gasteiger partial charge in [-0.15, -0.1) is 0 Å². The Hall–Kier alpha value is -1.70. The Bertz CT molecular complexity index is 749. The molecule has 0 aromatic heterocycles. The SMILES string of the molecule is O=P(O)(O)c1ccc(C#Cc2ccc(P(=O)(O)O)cc2)cc1. The molecule has 0 atom stereocenters. The Morgan fingerprint density at radius 3 is 1.09 bits per heavy atom. The first kappa shape index (κ1) is 16.7. The molecule has 0 unspecified atom stereocenters. The molecule has 0 radical (unpaired) electrons. The molecule has 2 aromatic carbocycles. The molecule has 6 nitrogen and oxygen atoms in total. The second-order valence-corrected chi connectivity index (χ2v) is 7.64. The van der Waals surface area contributed by atoms with E-state index in [9.17, 15) is 9.13 Å². The summed E-state index contributed by atoms with van der Waals surface area (Å²) in [5, 5.41) is -0.159. The summed E-state index contributed by atoms with van der Waals surface area (Å²) in [4.78, 5) is 36.0. The van der Waals surface area contributed by atoms with Gasteiger partial charge in [-0.05, 0) is 48.5 Å². The molecule has 0 aliphatic heterocycles. The van der Waals surface area contributed by atoms with E-state index in [-0.39, 0.29) is 10.6 Å². The highest BCUT2D eigenvalue weighted by molar-refractivity contribution is 7.60. The largest absolute Gasteiger partial charge is 0.356 e. The predicted molar refractivity (Wildman–Crippen MR) is 82.2 cm³/mol. The van der Waals surface area contributed by atoms with Crippen molar-refractivity contribution in [2.45, 2.75) is 0 Å². The first-order valence-corrected chi connectivity index (χ1v) is 9.23. The van der Waals surface area contributed by atoms with Gasteiger partial charge in [-0.1, -0.05) is 11.8 Å². The lowest BCUT2D eigenvalue weighted by molar-refractivity contribution is 0.385. The smallest absolute Gasteiger partial charge is 0.321 e. The maximum absolute atomic E-state index is 11.0. The van der Waals surface area contributed by atoms with Crippen LogP contribution in [0.25, 0.3) is 0 Å². The molecule has 0 fully saturated rings. The van der Waals surface area contributed by atoms with Gasteiger partial charge in [0, 0.05) is 11.1 Å². The minimum Gasteiger partial charge on any atom is -0.321 e. The maximum Gasteiger partial charge on any atom is 0.356 e. The van der Waals surface area contributed by atoms with Crippen LogP contribution in [-0.4, -0.2) is 19.6 Å². The summed E-state index contributed by atoms with van der Waals surface area (Å²) in [7, 11) is -8.52. The van der Waals surface area contributed by atoms with Gasteiger partial charge < -0.3 is 19.6 Å². The molecule has 2 rings (SSSR count). The van der Waals surface area contributed by atoms with Crippen molar-refractivity contribution < 1.29 is 28.7 Å². The van der Waals surface area contributed by atoms with Crippen LogP contribution in [-0.2, 0) is 9.13 Å². The van der Waals surface area contributed by atoms with E-state index in [4.69, 9.17) is 19.6 Å². The molecule has 0 aliphatic carbocycles. The molecular formula is C14H12O6P2. The van der Waals surface area contributed by atoms with Crippen LogP contribution in [0.15, 0.2) is 48.5 Å². The molecule has 8 heteroatoms. The topological polar surface area (TPSA) is 115 Å². The van der Waals surface area contributed by atoms with E-state index < -0.39 is 15.2 Å². The maximum atomic E-state index is 11.0. The van der Waals surface area contributed by atoms with E-state index >= 15 is 0 Å². The molecule has 0 saturated heterocycles. The normalized spacial score (nSPS) is 11.6. The van der Waals surface area contributed by atoms with Gasteiger partial charge in [0.2, 0.25) is 0 Å². The van der Waals surface area contributed by atoms with Crippen molar-refractivity contribution in [1.82, 2.24) is 0 Å². The molecule has 0 aliphatic rings. The summed E-state index contributed by atoms with van der Waals surface area (Å²) in [6, 6.07) is 11.2. The molecule has 114 valence electrons. The first-order valence-electron chi connectivity index (χ1n) is 6.01. The molecule has 2 aromatic rings. The second kappa shape index (κ2) is 6.20. The van der Waals surface area contributed by atoms with Gasteiger partial charge in [0.15, 0.2) is 0 Å². The lowest BCUT2D eigenvalue weighted by Gasteiger charge is -2.03. The van der Waals surface area contributed by atoms with Crippen LogP contribution in [0.3, 0.4) is 0 Å². The van der Waals surface area contributed by atoms with Crippen molar-refractivity contribution >= 4 is 25.8 Å². The van der Waals surface area contributed by atoms with Gasteiger partial charge in [-0.25, -0.2) is 0 Å². The zero-order chi connectivity index (χ0) is 16.4. The van der Waals surface area contributed by atoms with E-state index in [0.717, 1.165) is 0 Å². The number of benzene rings is 2. The monoisotopic (exact) mass is 338 g/mol. The summed E-state index contributed by atoms with van der Waals surface area (Å²) < 4.78 is 22.1. The average Bonchev–Trinajstić information content (AvgIpc) is 2.44. The Kier molecular flexibility index (Phi) is 4.69. The van der Waals surface area contributed by atoms with Crippen LogP contribution in [0.4, 0.5) is 0 Å². The highest BCUT2D eigenvalue weighted by Gasteiger charge is 2.16. The third kappa shape index (κ3) is 4.40. The molecule has 0 saturated carbocycles. The van der Waals surface area contributed by atoms with Gasteiger partial charge in [-0.3, -0.25) is 9.13 Å². The fourth-order valence-electron chi connectivity index (χ4n) is 1.62. The van der Waals surface area contributed by atoms with Crippen LogP contribution in [0.5, 0.6) is 0 Å². The van der Waals surface area contributed by atoms with Gasteiger partial charge in [-0.2, -0.15) is 0 Å². The first-order chi connectivity index (χ1) is 10.2. The molecule has 0 heterocycles. The summed E-state index contributed by atoms with van der Waals surface area (Å²) in [6.45, 7) is 0. The number of rotatable bonds is 2. The van der Waals surface area contributed by atoms with Gasteiger partial charge >= 0.3 is 15.2 Å². The van der Waals surface area contributed by atoms with E-state index in [1.165, 1.54) is 48.5 Å². The summed E-state index contributed by atoms with van der Waals surface area (Å²) in [5.41, 5.74) is 1.13. The quantitative estimate of drug-likeness (QED) is 0.473. The van der Waals surface area contributed by atoms with Crippen LogP contribution in [0.1, 0.15) is 11.1 Å². The van der Waals surface area contributed by atoms with Gasteiger partial charge in [0.1, 0.15) is 0 Å². The molecular weight excluding hydrogens is 326 g/mol. The van der Waals surface area contributed by atoms with E-state index in [2.05, 4.69) is 11.8 Å². The van der Waals surface area contributed by atoms with Gasteiger partial charge in [0.05, 0.1) is 10.6 Å². The third-order valence-electron chi connectivity index (χ3n) is 2.76. The van der Waals surface area contributed by atoms with Crippen LogP contribution in [0.2, 0.25) is 0 Å². The van der Waals surface area contributed by atoms with Crippen molar-refractivity contribution in [2.75, 3.05) is 0 Å². The molecule has 22 heavy (non-hydrogen) atoms. The molecule has 4 N–H and O–H groups in total. The Labute approximate surface area is 126 Å². The van der Waals surface area contributed by atoms with E-state index in [1.54, 1.807) is 0 Å². The minimum absolute atomic E-state index is 0.0796. The van der Waals surface area contributed by atoms with Crippen molar-refractivity contribution in [3.8, 4) is 11.8 Å². The summed E-state index contributed by atoms with van der Waals surface area (Å²) in [6.07, 6.45) is 0. The van der Waals surface area contributed by atoms with E-state index in [1.807, 2.05) is 0 Å². The molecule has 0 bridgehead atoms. The van der Waals surface area contributed by atoms with Crippen molar-refractivity contribution in [2.24, 2.45) is 0 Å². The van der Waals surface area contributed by atoms with E-state index in [0.29, 0.717) is 11.1 Å². The Morgan fingerprint density at radius 2 is 0.864 bits per heavy atom. The number of hydrogen-bond acceptors (Lipinski definition) is 2.